The quantitative estimate of drug-likeness (QED) is 0.441. The lowest BCUT2D eigenvalue weighted by Gasteiger charge is -2.27. The molecule has 2 heterocycles. The number of hydrogen-bond acceptors (Lipinski definition) is 4. The summed E-state index contributed by atoms with van der Waals surface area (Å²) in [5, 5.41) is 22.6. The van der Waals surface area contributed by atoms with E-state index >= 15 is 0 Å². The topological polar surface area (TPSA) is 113 Å². The highest BCUT2D eigenvalue weighted by Crippen LogP contribution is 2.27. The number of piperidine rings is 1. The van der Waals surface area contributed by atoms with Crippen LogP contribution in [0, 0.1) is 5.41 Å². The van der Waals surface area contributed by atoms with Gasteiger partial charge in [-0.1, -0.05) is 0 Å². The molecule has 2 aliphatic rings. The molecule has 1 atom stereocenters. The van der Waals surface area contributed by atoms with Crippen LogP contribution in [0.15, 0.2) is 0 Å². The fourth-order valence-corrected chi connectivity index (χ4v) is 2.46. The number of aliphatic carboxylic acids is 2. The van der Waals surface area contributed by atoms with Crippen molar-refractivity contribution in [3.8, 4) is 0 Å². The lowest BCUT2D eigenvalue weighted by Crippen LogP contribution is -2.91. The first-order chi connectivity index (χ1) is 10.8. The molecule has 2 rings (SSSR count). The van der Waals surface area contributed by atoms with Gasteiger partial charge in [-0.3, -0.25) is 0 Å². The molecule has 0 radical (unpaired) electrons. The van der Waals surface area contributed by atoms with Crippen LogP contribution in [-0.4, -0.2) is 50.5 Å². The summed E-state index contributed by atoms with van der Waals surface area (Å²) in [4.78, 5) is 17.6. The number of carboxylic acids is 2. The zero-order chi connectivity index (χ0) is 19.0. The van der Waals surface area contributed by atoms with Crippen LogP contribution < -0.4 is 20.8 Å². The SMILES string of the molecule is C1C[NH2+]CC2(C1)CC[NH2+]C2.O=C([O-])C(F)(F)F.O=C([O-])C(F)(F)F. The summed E-state index contributed by atoms with van der Waals surface area (Å²) in [6.45, 7) is 5.57. The van der Waals surface area contributed by atoms with Crippen molar-refractivity contribution < 1.29 is 56.8 Å². The summed E-state index contributed by atoms with van der Waals surface area (Å²) < 4.78 is 63.1. The van der Waals surface area contributed by atoms with Crippen molar-refractivity contribution in [2.24, 2.45) is 5.41 Å². The van der Waals surface area contributed by atoms with E-state index in [1.165, 1.54) is 45.4 Å². The Morgan fingerprint density at radius 2 is 1.17 bits per heavy atom. The summed E-state index contributed by atoms with van der Waals surface area (Å²) >= 11 is 0. The Morgan fingerprint density at radius 1 is 0.792 bits per heavy atom. The molecule has 142 valence electrons. The molecule has 1 unspecified atom stereocenters. The summed E-state index contributed by atoms with van der Waals surface area (Å²) in [5.41, 5.74) is 0.762. The van der Waals surface area contributed by atoms with E-state index in [1.54, 1.807) is 0 Å². The molecular weight excluding hydrogens is 350 g/mol. The van der Waals surface area contributed by atoms with Crippen molar-refractivity contribution in [1.29, 1.82) is 0 Å². The summed E-state index contributed by atoms with van der Waals surface area (Å²) in [6.07, 6.45) is -5.96. The third-order valence-corrected chi connectivity index (χ3v) is 3.61. The zero-order valence-corrected chi connectivity index (χ0v) is 12.5. The minimum atomic E-state index is -5.19. The molecule has 0 bridgehead atoms. The van der Waals surface area contributed by atoms with Crippen LogP contribution in [-0.2, 0) is 9.59 Å². The maximum atomic E-state index is 10.5. The summed E-state index contributed by atoms with van der Waals surface area (Å²) in [6, 6.07) is 0. The Labute approximate surface area is 133 Å². The number of alkyl halides is 6. The predicted molar refractivity (Wildman–Crippen MR) is 61.7 cm³/mol. The molecule has 12 heteroatoms. The van der Waals surface area contributed by atoms with Crippen molar-refractivity contribution >= 4 is 11.9 Å². The Kier molecular flexibility index (Phi) is 8.47. The first kappa shape index (κ1) is 22.4. The van der Waals surface area contributed by atoms with Gasteiger partial charge in [0, 0.05) is 6.42 Å². The number of carboxylic acid groups (broad SMARTS) is 2. The fourth-order valence-electron chi connectivity index (χ4n) is 2.46. The number of nitrogens with two attached hydrogens (primary N) is 2. The normalized spacial score (nSPS) is 23.6. The largest absolute Gasteiger partial charge is 0.542 e. The van der Waals surface area contributed by atoms with Crippen molar-refractivity contribution in [2.45, 2.75) is 31.6 Å². The first-order valence-electron chi connectivity index (χ1n) is 7.00. The van der Waals surface area contributed by atoms with E-state index < -0.39 is 24.3 Å². The van der Waals surface area contributed by atoms with Gasteiger partial charge in [0.25, 0.3) is 0 Å². The second-order valence-corrected chi connectivity index (χ2v) is 5.49. The molecule has 0 aromatic heterocycles. The van der Waals surface area contributed by atoms with Gasteiger partial charge in [-0.05, 0) is 12.8 Å². The molecule has 0 aliphatic carbocycles. The average molecular weight is 368 g/mol. The molecule has 0 saturated carbocycles. The maximum absolute atomic E-state index is 10.5. The molecule has 0 amide bonds. The lowest BCUT2D eigenvalue weighted by atomic mass is 9.80. The van der Waals surface area contributed by atoms with Crippen molar-refractivity contribution in [1.82, 2.24) is 0 Å². The number of quaternary nitrogens is 2. The molecule has 0 aromatic rings. The van der Waals surface area contributed by atoms with Gasteiger partial charge < -0.3 is 30.4 Å². The minimum Gasteiger partial charge on any atom is -0.542 e. The van der Waals surface area contributed by atoms with Crippen LogP contribution in [0.3, 0.4) is 0 Å². The highest BCUT2D eigenvalue weighted by molar-refractivity contribution is 5.71. The van der Waals surface area contributed by atoms with Crippen LogP contribution in [0.25, 0.3) is 0 Å². The average Bonchev–Trinajstić information content (AvgIpc) is 2.87. The van der Waals surface area contributed by atoms with Gasteiger partial charge in [0.15, 0.2) is 0 Å². The second-order valence-electron chi connectivity index (χ2n) is 5.49. The second kappa shape index (κ2) is 9.06. The number of halogens is 6. The zero-order valence-electron chi connectivity index (χ0n) is 12.5. The molecule has 4 N–H and O–H groups in total. The van der Waals surface area contributed by atoms with Gasteiger partial charge in [0.2, 0.25) is 0 Å². The lowest BCUT2D eigenvalue weighted by molar-refractivity contribution is -0.689. The van der Waals surface area contributed by atoms with E-state index in [0.717, 1.165) is 5.41 Å². The van der Waals surface area contributed by atoms with E-state index in [2.05, 4.69) is 10.6 Å². The monoisotopic (exact) mass is 368 g/mol. The highest BCUT2D eigenvalue weighted by Gasteiger charge is 2.40. The summed E-state index contributed by atoms with van der Waals surface area (Å²) in [5.74, 6) is -6.01. The van der Waals surface area contributed by atoms with Crippen LogP contribution in [0.1, 0.15) is 19.3 Å². The van der Waals surface area contributed by atoms with Gasteiger partial charge in [0.05, 0.1) is 31.6 Å². The number of carbonyl (C=O) groups is 2. The van der Waals surface area contributed by atoms with Gasteiger partial charge in [-0.15, -0.1) is 0 Å². The predicted octanol–water partition coefficient (Wildman–Crippen LogP) is -3.11. The maximum Gasteiger partial charge on any atom is 0.430 e. The highest BCUT2D eigenvalue weighted by atomic mass is 19.4. The minimum absolute atomic E-state index is 0.762. The number of rotatable bonds is 0. The summed E-state index contributed by atoms with van der Waals surface area (Å²) in [7, 11) is 0. The number of carbonyl (C=O) groups excluding carboxylic acids is 2. The van der Waals surface area contributed by atoms with Gasteiger partial charge in [-0.2, -0.15) is 26.3 Å². The van der Waals surface area contributed by atoms with Crippen LogP contribution in [0.5, 0.6) is 0 Å². The molecule has 2 aliphatic heterocycles. The third-order valence-electron chi connectivity index (χ3n) is 3.61. The molecule has 6 nitrogen and oxygen atoms in total. The van der Waals surface area contributed by atoms with Crippen molar-refractivity contribution in [2.75, 3.05) is 26.2 Å². The van der Waals surface area contributed by atoms with Crippen molar-refractivity contribution in [3.63, 3.8) is 0 Å². The van der Waals surface area contributed by atoms with Gasteiger partial charge >= 0.3 is 12.4 Å². The number of hydrogen-bond donors (Lipinski definition) is 2. The molecule has 24 heavy (non-hydrogen) atoms. The Bertz CT molecular complexity index is 387. The van der Waals surface area contributed by atoms with E-state index in [4.69, 9.17) is 19.8 Å². The van der Waals surface area contributed by atoms with Crippen LogP contribution >= 0.6 is 0 Å². The smallest absolute Gasteiger partial charge is 0.430 e. The van der Waals surface area contributed by atoms with Crippen LogP contribution in [0.4, 0.5) is 26.3 Å². The first-order valence-corrected chi connectivity index (χ1v) is 7.00. The Hall–Kier alpha value is -1.56. The van der Waals surface area contributed by atoms with E-state index in [9.17, 15) is 26.3 Å². The van der Waals surface area contributed by atoms with Crippen molar-refractivity contribution in [3.05, 3.63) is 0 Å². The van der Waals surface area contributed by atoms with Gasteiger partial charge in [-0.25, -0.2) is 0 Å². The molecule has 1 spiro atoms. The van der Waals surface area contributed by atoms with E-state index in [0.29, 0.717) is 0 Å². The molecule has 0 aromatic carbocycles. The van der Waals surface area contributed by atoms with Gasteiger partial charge in [0.1, 0.15) is 11.9 Å². The fraction of sp³-hybridized carbons (Fsp3) is 0.833. The third kappa shape index (κ3) is 8.91. The van der Waals surface area contributed by atoms with E-state index in [1.807, 2.05) is 0 Å². The Balaban J connectivity index is 0.000000343. The molecular formula is C12H18F6N2O4. The van der Waals surface area contributed by atoms with Crippen LogP contribution in [0.2, 0.25) is 0 Å². The Morgan fingerprint density at radius 3 is 1.38 bits per heavy atom. The van der Waals surface area contributed by atoms with E-state index in [-0.39, 0.29) is 0 Å². The molecule has 2 fully saturated rings. The molecule has 2 saturated heterocycles. The standard InChI is InChI=1S/C8H16N2.2C2HF3O2/c1-2-8(6-9-4-1)3-5-10-7-8;2*3-2(4,5)1(6)7/h9-10H,1-7H2;2*(H,6,7).